The molecular formula is C19H22ClN3O4S. The Hall–Kier alpha value is -2.42. The van der Waals surface area contributed by atoms with E-state index in [0.717, 1.165) is 0 Å². The fraction of sp³-hybridized carbons (Fsp3) is 0.263. The van der Waals surface area contributed by atoms with Gasteiger partial charge in [0, 0.05) is 16.3 Å². The minimum Gasteiger partial charge on any atom is -0.340 e. The van der Waals surface area contributed by atoms with Crippen LogP contribution < -0.4 is 15.8 Å². The van der Waals surface area contributed by atoms with E-state index < -0.39 is 22.0 Å². The van der Waals surface area contributed by atoms with E-state index in [2.05, 4.69) is 10.6 Å². The molecule has 0 aliphatic rings. The number of hydrogen-bond acceptors (Lipinski definition) is 4. The Morgan fingerprint density at radius 2 is 1.61 bits per heavy atom. The molecule has 2 amide bonds. The van der Waals surface area contributed by atoms with Crippen molar-refractivity contribution in [3.05, 3.63) is 59.1 Å². The number of carbonyl (C=O) groups is 2. The first kappa shape index (κ1) is 21.9. The van der Waals surface area contributed by atoms with Crippen molar-refractivity contribution in [2.24, 2.45) is 11.1 Å². The highest BCUT2D eigenvalue weighted by atomic mass is 35.5. The molecule has 0 heterocycles. The molecule has 4 N–H and O–H groups in total. The molecule has 0 saturated carbocycles. The minimum atomic E-state index is -3.81. The highest BCUT2D eigenvalue weighted by Gasteiger charge is 2.23. The monoisotopic (exact) mass is 423 g/mol. The molecular weight excluding hydrogens is 402 g/mol. The maximum Gasteiger partial charge on any atom is 0.251 e. The van der Waals surface area contributed by atoms with Crippen LogP contribution in [0.3, 0.4) is 0 Å². The molecule has 0 unspecified atom stereocenters. The van der Waals surface area contributed by atoms with Crippen molar-refractivity contribution in [2.75, 3.05) is 5.32 Å². The number of sulfonamides is 1. The van der Waals surface area contributed by atoms with Crippen molar-refractivity contribution in [3.63, 3.8) is 0 Å². The van der Waals surface area contributed by atoms with Gasteiger partial charge in [0.05, 0.1) is 4.90 Å². The number of hydrogen-bond donors (Lipinski definition) is 3. The normalized spacial score (nSPS) is 12.5. The van der Waals surface area contributed by atoms with Crippen LogP contribution in [0.1, 0.15) is 30.6 Å². The van der Waals surface area contributed by atoms with E-state index >= 15 is 0 Å². The second kappa shape index (κ2) is 9.18. The van der Waals surface area contributed by atoms with Gasteiger partial charge in [0.1, 0.15) is 6.04 Å². The average Bonchev–Trinajstić information content (AvgIpc) is 2.61. The summed E-state index contributed by atoms with van der Waals surface area (Å²) < 4.78 is 22.6. The van der Waals surface area contributed by atoms with Crippen molar-refractivity contribution >= 4 is 39.1 Å². The van der Waals surface area contributed by atoms with Crippen LogP contribution in [0.5, 0.6) is 0 Å². The minimum absolute atomic E-state index is 0.0553. The number of primary sulfonamides is 1. The van der Waals surface area contributed by atoms with Gasteiger partial charge < -0.3 is 10.6 Å². The summed E-state index contributed by atoms with van der Waals surface area (Å²) in [5.74, 6) is -0.632. The summed E-state index contributed by atoms with van der Waals surface area (Å²) in [4.78, 5) is 25.1. The van der Waals surface area contributed by atoms with Gasteiger partial charge in [-0.3, -0.25) is 9.59 Å². The molecule has 2 aromatic rings. The summed E-state index contributed by atoms with van der Waals surface area (Å²) in [5, 5.41) is 11.0. The zero-order chi connectivity index (χ0) is 20.9. The van der Waals surface area contributed by atoms with Crippen LogP contribution in [0.2, 0.25) is 5.02 Å². The number of anilines is 1. The maximum absolute atomic E-state index is 12.7. The quantitative estimate of drug-likeness (QED) is 0.634. The molecule has 7 nitrogen and oxygen atoms in total. The second-order valence-electron chi connectivity index (χ2n) is 6.72. The van der Waals surface area contributed by atoms with Crippen LogP contribution in [-0.4, -0.2) is 26.3 Å². The fourth-order valence-corrected chi connectivity index (χ4v) is 3.14. The Labute approximate surface area is 169 Å². The van der Waals surface area contributed by atoms with Gasteiger partial charge in [0.2, 0.25) is 15.9 Å². The number of halogens is 1. The highest BCUT2D eigenvalue weighted by Crippen LogP contribution is 2.15. The first-order chi connectivity index (χ1) is 13.1. The Morgan fingerprint density at radius 3 is 2.11 bits per heavy atom. The van der Waals surface area contributed by atoms with Crippen LogP contribution >= 0.6 is 11.6 Å². The fourth-order valence-electron chi connectivity index (χ4n) is 2.50. The van der Waals surface area contributed by atoms with E-state index in [1.54, 1.807) is 24.3 Å². The van der Waals surface area contributed by atoms with Crippen LogP contribution in [0.4, 0.5) is 5.69 Å². The average molecular weight is 424 g/mol. The lowest BCUT2D eigenvalue weighted by molar-refractivity contribution is -0.118. The molecule has 0 aliphatic heterocycles. The molecule has 2 rings (SSSR count). The molecule has 150 valence electrons. The molecule has 2 aromatic carbocycles. The maximum atomic E-state index is 12.7. The predicted molar refractivity (Wildman–Crippen MR) is 109 cm³/mol. The Morgan fingerprint density at radius 1 is 1.04 bits per heavy atom. The predicted octanol–water partition coefficient (Wildman–Crippen LogP) is 2.77. The van der Waals surface area contributed by atoms with Gasteiger partial charge in [-0.1, -0.05) is 25.4 Å². The second-order valence-corrected chi connectivity index (χ2v) is 8.72. The van der Waals surface area contributed by atoms with E-state index in [-0.39, 0.29) is 16.7 Å². The molecule has 0 aliphatic carbocycles. The molecule has 9 heteroatoms. The zero-order valence-electron chi connectivity index (χ0n) is 15.5. The van der Waals surface area contributed by atoms with Crippen molar-refractivity contribution in [1.29, 1.82) is 0 Å². The first-order valence-electron chi connectivity index (χ1n) is 8.56. The number of rotatable bonds is 7. The molecule has 0 aromatic heterocycles. The summed E-state index contributed by atoms with van der Waals surface area (Å²) in [6.45, 7) is 3.88. The van der Waals surface area contributed by atoms with Gasteiger partial charge in [-0.2, -0.15) is 0 Å². The van der Waals surface area contributed by atoms with Gasteiger partial charge in [-0.05, 0) is 60.9 Å². The van der Waals surface area contributed by atoms with Crippen LogP contribution in [-0.2, 0) is 14.8 Å². The third-order valence-corrected chi connectivity index (χ3v) is 5.07. The Kier molecular flexibility index (Phi) is 7.17. The van der Waals surface area contributed by atoms with Crippen LogP contribution in [0.25, 0.3) is 0 Å². The summed E-state index contributed by atoms with van der Waals surface area (Å²) in [6, 6.07) is 11.1. The SMILES string of the molecule is CC(C)C[C@H](NC(=O)c1ccc(Cl)cc1)C(=O)Nc1ccc(S(N)(=O)=O)cc1. The third-order valence-electron chi connectivity index (χ3n) is 3.89. The lowest BCUT2D eigenvalue weighted by atomic mass is 10.0. The summed E-state index contributed by atoms with van der Waals surface area (Å²) in [6.07, 6.45) is 0.431. The number of nitrogens with one attached hydrogen (secondary N) is 2. The van der Waals surface area contributed by atoms with Crippen LogP contribution in [0, 0.1) is 5.92 Å². The number of nitrogens with two attached hydrogens (primary N) is 1. The smallest absolute Gasteiger partial charge is 0.251 e. The van der Waals surface area contributed by atoms with Crippen molar-refractivity contribution in [1.82, 2.24) is 5.32 Å². The van der Waals surface area contributed by atoms with Crippen molar-refractivity contribution < 1.29 is 18.0 Å². The van der Waals surface area contributed by atoms with E-state index in [1.807, 2.05) is 13.8 Å². The van der Waals surface area contributed by atoms with E-state index in [4.69, 9.17) is 16.7 Å². The lowest BCUT2D eigenvalue weighted by Crippen LogP contribution is -2.44. The first-order valence-corrected chi connectivity index (χ1v) is 10.5. The largest absolute Gasteiger partial charge is 0.340 e. The van der Waals surface area contributed by atoms with E-state index in [0.29, 0.717) is 22.7 Å². The van der Waals surface area contributed by atoms with E-state index in [1.165, 1.54) is 24.3 Å². The standard InChI is InChI=1S/C19H22ClN3O4S/c1-12(2)11-17(23-18(24)13-3-5-14(20)6-4-13)19(25)22-15-7-9-16(10-8-15)28(21,26)27/h3-10,12,17H,11H2,1-2H3,(H,22,25)(H,23,24)(H2,21,26,27)/t17-/m0/s1. The molecule has 28 heavy (non-hydrogen) atoms. The summed E-state index contributed by atoms with van der Waals surface area (Å²) in [7, 11) is -3.81. The topological polar surface area (TPSA) is 118 Å². The van der Waals surface area contributed by atoms with Gasteiger partial charge in [0.25, 0.3) is 5.91 Å². The molecule has 0 fully saturated rings. The molecule has 0 bridgehead atoms. The third kappa shape index (κ3) is 6.33. The molecule has 0 radical (unpaired) electrons. The van der Waals surface area contributed by atoms with Crippen molar-refractivity contribution in [3.8, 4) is 0 Å². The molecule has 0 spiro atoms. The van der Waals surface area contributed by atoms with E-state index in [9.17, 15) is 18.0 Å². The highest BCUT2D eigenvalue weighted by molar-refractivity contribution is 7.89. The number of amides is 2. The Bertz CT molecular complexity index is 942. The van der Waals surface area contributed by atoms with Gasteiger partial charge in [-0.25, -0.2) is 13.6 Å². The van der Waals surface area contributed by atoms with Crippen molar-refractivity contribution in [2.45, 2.75) is 31.2 Å². The number of benzene rings is 2. The molecule has 0 saturated heterocycles. The summed E-state index contributed by atoms with van der Waals surface area (Å²) >= 11 is 5.83. The van der Waals surface area contributed by atoms with Gasteiger partial charge in [-0.15, -0.1) is 0 Å². The zero-order valence-corrected chi connectivity index (χ0v) is 17.0. The summed E-state index contributed by atoms with van der Waals surface area (Å²) in [5.41, 5.74) is 0.787. The Balaban J connectivity index is 2.12. The van der Waals surface area contributed by atoms with Gasteiger partial charge in [0.15, 0.2) is 0 Å². The number of carbonyl (C=O) groups excluding carboxylic acids is 2. The van der Waals surface area contributed by atoms with Gasteiger partial charge >= 0.3 is 0 Å². The van der Waals surface area contributed by atoms with Crippen LogP contribution in [0.15, 0.2) is 53.4 Å². The molecule has 1 atom stereocenters. The lowest BCUT2D eigenvalue weighted by Gasteiger charge is -2.20.